The van der Waals surface area contributed by atoms with Crippen LogP contribution in [0.4, 0.5) is 0 Å². The van der Waals surface area contributed by atoms with E-state index in [0.717, 1.165) is 0 Å². The number of rotatable bonds is 4. The first kappa shape index (κ1) is 15.1. The second-order valence-electron chi connectivity index (χ2n) is 4.74. The van der Waals surface area contributed by atoms with Crippen LogP contribution in [0.3, 0.4) is 0 Å². The summed E-state index contributed by atoms with van der Waals surface area (Å²) in [7, 11) is 0. The molecule has 0 saturated heterocycles. The van der Waals surface area contributed by atoms with E-state index in [9.17, 15) is 4.79 Å². The van der Waals surface area contributed by atoms with Gasteiger partial charge in [0.05, 0.1) is 5.02 Å². The van der Waals surface area contributed by atoms with Crippen LogP contribution in [0.25, 0.3) is 0 Å². The molecular weight excluding hydrogens is 272 g/mol. The van der Waals surface area contributed by atoms with Crippen LogP contribution in [0.2, 0.25) is 5.02 Å². The molecule has 0 spiro atoms. The fourth-order valence-corrected chi connectivity index (χ4v) is 1.76. The van der Waals surface area contributed by atoms with Gasteiger partial charge in [0.1, 0.15) is 0 Å². The van der Waals surface area contributed by atoms with Gasteiger partial charge in [0.2, 0.25) is 11.3 Å². The molecule has 1 unspecified atom stereocenters. The van der Waals surface area contributed by atoms with Gasteiger partial charge >= 0.3 is 0 Å². The number of carbonyl (C=O) groups is 1. The van der Waals surface area contributed by atoms with Crippen molar-refractivity contribution in [1.82, 2.24) is 10.3 Å². The number of ether oxygens (including phenoxy) is 1. The lowest BCUT2D eigenvalue weighted by molar-refractivity contribution is -0.126. The van der Waals surface area contributed by atoms with Crippen molar-refractivity contribution in [2.24, 2.45) is 0 Å². The second kappa shape index (κ2) is 6.29. The van der Waals surface area contributed by atoms with Crippen LogP contribution in [0.15, 0.2) is 18.3 Å². The van der Waals surface area contributed by atoms with Crippen molar-refractivity contribution in [1.29, 1.82) is 0 Å². The summed E-state index contributed by atoms with van der Waals surface area (Å²) in [6, 6.07) is 3.30. The average Bonchev–Trinajstić information content (AvgIpc) is 2.25. The highest BCUT2D eigenvalue weighted by Crippen LogP contribution is 2.17. The van der Waals surface area contributed by atoms with Gasteiger partial charge in [-0.15, -0.1) is 11.8 Å². The van der Waals surface area contributed by atoms with Gasteiger partial charge in [-0.25, -0.2) is 4.98 Å². The Kier molecular flexibility index (Phi) is 5.28. The van der Waals surface area contributed by atoms with E-state index >= 15 is 0 Å². The predicted octanol–water partition coefficient (Wildman–Crippen LogP) is 2.72. The number of nitrogens with one attached hydrogen (secondary N) is 1. The first-order valence-corrected chi connectivity index (χ1v) is 7.11. The molecule has 1 rings (SSSR count). The third kappa shape index (κ3) is 5.14. The van der Waals surface area contributed by atoms with Crippen LogP contribution in [-0.4, -0.2) is 28.1 Å². The summed E-state index contributed by atoms with van der Waals surface area (Å²) in [6.07, 6.45) is 3.29. The van der Waals surface area contributed by atoms with Gasteiger partial charge in [-0.05, 0) is 33.1 Å². The topological polar surface area (TPSA) is 51.2 Å². The largest absolute Gasteiger partial charge is 0.453 e. The number of carbonyl (C=O) groups excluding carboxylic acids is 1. The molecule has 1 atom stereocenters. The lowest BCUT2D eigenvalue weighted by atomic mass is 10.1. The number of thioether (sulfide) groups is 1. The lowest BCUT2D eigenvalue weighted by Gasteiger charge is -2.24. The number of amides is 1. The van der Waals surface area contributed by atoms with Crippen molar-refractivity contribution in [3.05, 3.63) is 23.4 Å². The van der Waals surface area contributed by atoms with E-state index in [-0.39, 0.29) is 11.4 Å². The summed E-state index contributed by atoms with van der Waals surface area (Å²) in [5.41, 5.74) is -0.917. The molecule has 0 radical (unpaired) electrons. The third-order valence-corrected chi connectivity index (χ3v) is 2.82. The Morgan fingerprint density at radius 2 is 2.17 bits per heavy atom. The highest BCUT2D eigenvalue weighted by molar-refractivity contribution is 7.99. The predicted molar refractivity (Wildman–Crippen MR) is 75.1 cm³/mol. The Balaban J connectivity index is 2.67. The number of aromatic nitrogens is 1. The number of hydrogen-bond donors (Lipinski definition) is 1. The molecule has 18 heavy (non-hydrogen) atoms. The van der Waals surface area contributed by atoms with Crippen LogP contribution in [0, 0.1) is 0 Å². The van der Waals surface area contributed by atoms with E-state index in [1.54, 1.807) is 12.1 Å². The average molecular weight is 289 g/mol. The van der Waals surface area contributed by atoms with Gasteiger partial charge in [-0.1, -0.05) is 11.6 Å². The number of hydrogen-bond acceptors (Lipinski definition) is 4. The van der Waals surface area contributed by atoms with Gasteiger partial charge in [0.15, 0.2) is 0 Å². The zero-order chi connectivity index (χ0) is 13.8. The molecular formula is C12H17ClN2O2S. The Hall–Kier alpha value is -0.940. The monoisotopic (exact) mass is 288 g/mol. The van der Waals surface area contributed by atoms with Crippen LogP contribution < -0.4 is 10.1 Å². The van der Waals surface area contributed by atoms with E-state index in [1.165, 1.54) is 18.0 Å². The smallest absolute Gasteiger partial charge is 0.272 e. The Morgan fingerprint density at radius 1 is 1.50 bits per heavy atom. The zero-order valence-electron chi connectivity index (χ0n) is 10.9. The standard InChI is InChI=1S/C12H17ClN2O2S/c1-12(2,3)15-10(16)11(18-4)17-9-6-5-8(13)7-14-9/h5-7,11H,1-4H3,(H,15,16). The van der Waals surface area contributed by atoms with Crippen molar-refractivity contribution < 1.29 is 9.53 Å². The summed E-state index contributed by atoms with van der Waals surface area (Å²) < 4.78 is 5.51. The summed E-state index contributed by atoms with van der Waals surface area (Å²) in [6.45, 7) is 5.76. The molecule has 1 aromatic heterocycles. The Morgan fingerprint density at radius 3 is 2.61 bits per heavy atom. The highest BCUT2D eigenvalue weighted by atomic mass is 35.5. The number of nitrogens with zero attached hydrogens (tertiary/aromatic N) is 1. The maximum absolute atomic E-state index is 12.0. The molecule has 0 fully saturated rings. The van der Waals surface area contributed by atoms with Crippen molar-refractivity contribution in [3.8, 4) is 5.88 Å². The molecule has 0 aliphatic carbocycles. The molecule has 1 amide bonds. The molecule has 0 aliphatic heterocycles. The molecule has 0 aromatic carbocycles. The minimum absolute atomic E-state index is 0.174. The minimum Gasteiger partial charge on any atom is -0.453 e. The van der Waals surface area contributed by atoms with Crippen LogP contribution in [0.1, 0.15) is 20.8 Å². The van der Waals surface area contributed by atoms with E-state index in [1.807, 2.05) is 27.0 Å². The summed E-state index contributed by atoms with van der Waals surface area (Å²) in [5.74, 6) is 0.203. The fourth-order valence-electron chi connectivity index (χ4n) is 1.18. The first-order chi connectivity index (χ1) is 8.31. The number of pyridine rings is 1. The summed E-state index contributed by atoms with van der Waals surface area (Å²) >= 11 is 7.04. The highest BCUT2D eigenvalue weighted by Gasteiger charge is 2.23. The maximum Gasteiger partial charge on any atom is 0.272 e. The van der Waals surface area contributed by atoms with Gasteiger partial charge in [0, 0.05) is 17.8 Å². The molecule has 0 bridgehead atoms. The van der Waals surface area contributed by atoms with E-state index in [2.05, 4.69) is 10.3 Å². The maximum atomic E-state index is 12.0. The molecule has 1 N–H and O–H groups in total. The van der Waals surface area contributed by atoms with Crippen LogP contribution in [-0.2, 0) is 4.79 Å². The number of halogens is 1. The van der Waals surface area contributed by atoms with Crippen molar-refractivity contribution in [2.75, 3.05) is 6.26 Å². The van der Waals surface area contributed by atoms with Crippen LogP contribution >= 0.6 is 23.4 Å². The molecule has 1 aromatic rings. The quantitative estimate of drug-likeness (QED) is 0.866. The van der Waals surface area contributed by atoms with Crippen molar-refractivity contribution in [2.45, 2.75) is 31.7 Å². The Bertz CT molecular complexity index is 404. The molecule has 0 saturated carbocycles. The Labute approximate surface area is 116 Å². The summed E-state index contributed by atoms with van der Waals surface area (Å²) in [5, 5.41) is 3.39. The molecule has 6 heteroatoms. The van der Waals surface area contributed by atoms with Crippen molar-refractivity contribution in [3.63, 3.8) is 0 Å². The fraction of sp³-hybridized carbons (Fsp3) is 0.500. The third-order valence-electron chi connectivity index (χ3n) is 1.85. The van der Waals surface area contributed by atoms with E-state index < -0.39 is 5.44 Å². The first-order valence-electron chi connectivity index (χ1n) is 5.45. The normalized spacial score (nSPS) is 12.9. The van der Waals surface area contributed by atoms with Gasteiger partial charge in [0.25, 0.3) is 5.91 Å². The second-order valence-corrected chi connectivity index (χ2v) is 6.08. The molecule has 1 heterocycles. The molecule has 100 valence electrons. The molecule has 4 nitrogen and oxygen atoms in total. The lowest BCUT2D eigenvalue weighted by Crippen LogP contribution is -2.46. The SMILES string of the molecule is CSC(Oc1ccc(Cl)cn1)C(=O)NC(C)(C)C. The molecule has 0 aliphatic rings. The van der Waals surface area contributed by atoms with Crippen LogP contribution in [0.5, 0.6) is 5.88 Å². The van der Waals surface area contributed by atoms with Gasteiger partial charge in [-0.3, -0.25) is 4.79 Å². The van der Waals surface area contributed by atoms with Gasteiger partial charge < -0.3 is 10.1 Å². The zero-order valence-corrected chi connectivity index (χ0v) is 12.4. The minimum atomic E-state index is -0.627. The van der Waals surface area contributed by atoms with E-state index in [4.69, 9.17) is 16.3 Å². The van der Waals surface area contributed by atoms with Crippen molar-refractivity contribution >= 4 is 29.3 Å². The summed E-state index contributed by atoms with van der Waals surface area (Å²) in [4.78, 5) is 15.9. The van der Waals surface area contributed by atoms with Gasteiger partial charge in [-0.2, -0.15) is 0 Å². The van der Waals surface area contributed by atoms with E-state index in [0.29, 0.717) is 10.9 Å².